The van der Waals surface area contributed by atoms with E-state index in [4.69, 9.17) is 0 Å². The maximum Gasteiger partial charge on any atom is 0.243 e. The summed E-state index contributed by atoms with van der Waals surface area (Å²) >= 11 is 3.08. The molecule has 0 amide bonds. The van der Waals surface area contributed by atoms with Crippen molar-refractivity contribution in [2.45, 2.75) is 11.8 Å². The van der Waals surface area contributed by atoms with Crippen molar-refractivity contribution in [3.05, 3.63) is 28.5 Å². The van der Waals surface area contributed by atoms with Gasteiger partial charge in [-0.1, -0.05) is 22.9 Å². The minimum Gasteiger partial charge on any atom is -0.305 e. The molecular weight excluding hydrogens is 323 g/mol. The zero-order chi connectivity index (χ0) is 13.8. The minimum atomic E-state index is -3.78. The van der Waals surface area contributed by atoms with E-state index in [0.29, 0.717) is 11.0 Å². The van der Waals surface area contributed by atoms with Gasteiger partial charge in [-0.2, -0.15) is 0 Å². The van der Waals surface area contributed by atoms with E-state index in [2.05, 4.69) is 20.7 Å². The summed E-state index contributed by atoms with van der Waals surface area (Å²) in [6.07, 6.45) is 0. The topological polar surface area (TPSA) is 49.4 Å². The summed E-state index contributed by atoms with van der Waals surface area (Å²) in [4.78, 5) is 1.63. The van der Waals surface area contributed by atoms with Crippen LogP contribution in [0, 0.1) is 5.82 Å². The molecule has 0 saturated carbocycles. The summed E-state index contributed by atoms with van der Waals surface area (Å²) in [5.74, 6) is -0.763. The average molecular weight is 339 g/mol. The van der Waals surface area contributed by atoms with Crippen molar-refractivity contribution in [2.75, 3.05) is 26.7 Å². The second kappa shape index (κ2) is 6.60. The molecule has 0 unspecified atom stereocenters. The number of hydrogen-bond donors (Lipinski definition) is 1. The first-order chi connectivity index (χ1) is 8.36. The number of nitrogens with zero attached hydrogens (tertiary/aromatic N) is 1. The van der Waals surface area contributed by atoms with Gasteiger partial charge in [0.15, 0.2) is 0 Å². The fourth-order valence-corrected chi connectivity index (χ4v) is 2.71. The van der Waals surface area contributed by atoms with Gasteiger partial charge >= 0.3 is 0 Å². The Labute approximate surface area is 115 Å². The summed E-state index contributed by atoms with van der Waals surface area (Å²) < 4.78 is 40.1. The Balaban J connectivity index is 2.74. The van der Waals surface area contributed by atoms with Crippen LogP contribution in [0.5, 0.6) is 0 Å². The Morgan fingerprint density at radius 3 is 2.67 bits per heavy atom. The molecule has 18 heavy (non-hydrogen) atoms. The Bertz CT molecular complexity index is 508. The third kappa shape index (κ3) is 4.31. The van der Waals surface area contributed by atoms with Crippen LogP contribution in [0.3, 0.4) is 0 Å². The summed E-state index contributed by atoms with van der Waals surface area (Å²) in [7, 11) is -1.90. The van der Waals surface area contributed by atoms with Gasteiger partial charge in [0.05, 0.1) is 0 Å². The van der Waals surface area contributed by atoms with Gasteiger partial charge in [0.2, 0.25) is 10.0 Å². The van der Waals surface area contributed by atoms with Gasteiger partial charge in [0, 0.05) is 17.6 Å². The van der Waals surface area contributed by atoms with Crippen molar-refractivity contribution in [3.8, 4) is 0 Å². The maximum absolute atomic E-state index is 13.5. The zero-order valence-electron chi connectivity index (χ0n) is 10.3. The predicted octanol–water partition coefficient (Wildman–Crippen LogP) is 1.82. The second-order valence-electron chi connectivity index (χ2n) is 3.87. The van der Waals surface area contributed by atoms with Crippen LogP contribution in [0.25, 0.3) is 0 Å². The Morgan fingerprint density at radius 1 is 1.44 bits per heavy atom. The fraction of sp³-hybridized carbons (Fsp3) is 0.455. The summed E-state index contributed by atoms with van der Waals surface area (Å²) in [6.45, 7) is 3.63. The fourth-order valence-electron chi connectivity index (χ4n) is 1.30. The van der Waals surface area contributed by atoms with Gasteiger partial charge in [-0.15, -0.1) is 0 Å². The molecule has 7 heteroatoms. The van der Waals surface area contributed by atoms with Crippen molar-refractivity contribution in [1.82, 2.24) is 9.62 Å². The molecule has 0 aliphatic heterocycles. The van der Waals surface area contributed by atoms with Crippen LogP contribution in [0.1, 0.15) is 6.92 Å². The van der Waals surface area contributed by atoms with Gasteiger partial charge < -0.3 is 4.90 Å². The van der Waals surface area contributed by atoms with Crippen molar-refractivity contribution < 1.29 is 12.8 Å². The predicted molar refractivity (Wildman–Crippen MR) is 72.5 cm³/mol. The van der Waals surface area contributed by atoms with E-state index in [9.17, 15) is 12.8 Å². The number of sulfonamides is 1. The van der Waals surface area contributed by atoms with E-state index >= 15 is 0 Å². The number of halogens is 2. The first-order valence-electron chi connectivity index (χ1n) is 5.50. The molecule has 0 atom stereocenters. The van der Waals surface area contributed by atoms with E-state index in [1.165, 1.54) is 12.1 Å². The van der Waals surface area contributed by atoms with E-state index in [1.54, 1.807) is 0 Å². The van der Waals surface area contributed by atoms with Crippen LogP contribution >= 0.6 is 15.9 Å². The van der Waals surface area contributed by atoms with Gasteiger partial charge in [0.1, 0.15) is 10.7 Å². The van der Waals surface area contributed by atoms with Gasteiger partial charge in [-0.3, -0.25) is 0 Å². The lowest BCUT2D eigenvalue weighted by molar-refractivity contribution is 0.357. The molecule has 4 nitrogen and oxygen atoms in total. The Hall–Kier alpha value is -0.500. The SMILES string of the molecule is CCN(C)CCNS(=O)(=O)c1ccc(Br)cc1F. The molecule has 0 spiro atoms. The molecule has 0 aliphatic rings. The lowest BCUT2D eigenvalue weighted by Crippen LogP contribution is -2.33. The van der Waals surface area contributed by atoms with E-state index in [1.807, 2.05) is 18.9 Å². The lowest BCUT2D eigenvalue weighted by atomic mass is 10.3. The summed E-state index contributed by atoms with van der Waals surface area (Å²) in [6, 6.07) is 3.87. The average Bonchev–Trinajstić information content (AvgIpc) is 2.27. The largest absolute Gasteiger partial charge is 0.305 e. The standard InChI is InChI=1S/C11H16BrFN2O2S/c1-3-15(2)7-6-14-18(16,17)11-5-4-9(12)8-10(11)13/h4-5,8,14H,3,6-7H2,1-2H3. The summed E-state index contributed by atoms with van der Waals surface area (Å²) in [5, 5.41) is 0. The molecule has 1 aromatic rings. The second-order valence-corrected chi connectivity index (χ2v) is 6.52. The number of benzene rings is 1. The van der Waals surface area contributed by atoms with Gasteiger partial charge in [-0.25, -0.2) is 17.5 Å². The molecule has 0 saturated heterocycles. The van der Waals surface area contributed by atoms with Crippen LogP contribution in [0.15, 0.2) is 27.6 Å². The molecule has 0 radical (unpaired) electrons. The van der Waals surface area contributed by atoms with Crippen LogP contribution in [0.4, 0.5) is 4.39 Å². The highest BCUT2D eigenvalue weighted by molar-refractivity contribution is 9.10. The monoisotopic (exact) mass is 338 g/mol. The Morgan fingerprint density at radius 2 is 2.11 bits per heavy atom. The molecule has 102 valence electrons. The van der Waals surface area contributed by atoms with Crippen LogP contribution in [-0.4, -0.2) is 40.0 Å². The molecule has 0 heterocycles. The third-order valence-corrected chi connectivity index (χ3v) is 4.50. The van der Waals surface area contributed by atoms with Crippen LogP contribution < -0.4 is 4.72 Å². The maximum atomic E-state index is 13.5. The highest BCUT2D eigenvalue weighted by atomic mass is 79.9. The molecule has 1 aromatic carbocycles. The number of nitrogens with one attached hydrogen (secondary N) is 1. The normalized spacial score (nSPS) is 12.1. The van der Waals surface area contributed by atoms with Crippen molar-refractivity contribution in [2.24, 2.45) is 0 Å². The molecule has 0 bridgehead atoms. The van der Waals surface area contributed by atoms with Crippen LogP contribution in [0.2, 0.25) is 0 Å². The van der Waals surface area contributed by atoms with Crippen molar-refractivity contribution >= 4 is 26.0 Å². The first kappa shape index (κ1) is 15.6. The summed E-state index contributed by atoms with van der Waals surface area (Å²) in [5.41, 5.74) is 0. The van der Waals surface area contributed by atoms with Gasteiger partial charge in [-0.05, 0) is 31.8 Å². The first-order valence-corrected chi connectivity index (χ1v) is 7.77. The van der Waals surface area contributed by atoms with E-state index < -0.39 is 15.8 Å². The van der Waals surface area contributed by atoms with E-state index in [-0.39, 0.29) is 11.4 Å². The third-order valence-electron chi connectivity index (χ3n) is 2.51. The van der Waals surface area contributed by atoms with Crippen molar-refractivity contribution in [3.63, 3.8) is 0 Å². The zero-order valence-corrected chi connectivity index (χ0v) is 12.7. The molecule has 1 rings (SSSR count). The van der Waals surface area contributed by atoms with E-state index in [0.717, 1.165) is 12.6 Å². The van der Waals surface area contributed by atoms with Crippen LogP contribution in [-0.2, 0) is 10.0 Å². The van der Waals surface area contributed by atoms with Gasteiger partial charge in [0.25, 0.3) is 0 Å². The smallest absolute Gasteiger partial charge is 0.243 e. The number of rotatable bonds is 6. The number of hydrogen-bond acceptors (Lipinski definition) is 3. The highest BCUT2D eigenvalue weighted by Crippen LogP contribution is 2.18. The highest BCUT2D eigenvalue weighted by Gasteiger charge is 2.18. The minimum absolute atomic E-state index is 0.252. The lowest BCUT2D eigenvalue weighted by Gasteiger charge is -2.14. The molecule has 0 aromatic heterocycles. The number of likely N-dealkylation sites (N-methyl/N-ethyl adjacent to an activating group) is 1. The molecule has 0 aliphatic carbocycles. The molecular formula is C11H16BrFN2O2S. The Kier molecular flexibility index (Phi) is 5.71. The van der Waals surface area contributed by atoms with Crippen molar-refractivity contribution in [1.29, 1.82) is 0 Å². The quantitative estimate of drug-likeness (QED) is 0.860. The molecule has 1 N–H and O–H groups in total. The molecule has 0 fully saturated rings.